The van der Waals surface area contributed by atoms with Crippen molar-refractivity contribution < 1.29 is 18.0 Å². The molecular formula is C15H28F3IN4O. The van der Waals surface area contributed by atoms with Crippen LogP contribution in [-0.2, 0) is 4.79 Å². The SMILES string of the molecule is CCNC(=NCCCN1CCCCCC1=O)NCCC(F)(F)F.I. The highest BCUT2D eigenvalue weighted by Crippen LogP contribution is 2.18. The van der Waals surface area contributed by atoms with Gasteiger partial charge < -0.3 is 15.5 Å². The summed E-state index contributed by atoms with van der Waals surface area (Å²) in [5.74, 6) is 0.584. The summed E-state index contributed by atoms with van der Waals surface area (Å²) in [6.45, 7) is 4.18. The third-order valence-electron chi connectivity index (χ3n) is 3.57. The van der Waals surface area contributed by atoms with E-state index in [1.165, 1.54) is 0 Å². The van der Waals surface area contributed by atoms with Crippen LogP contribution in [0.15, 0.2) is 4.99 Å². The van der Waals surface area contributed by atoms with Gasteiger partial charge in [-0.3, -0.25) is 9.79 Å². The average molecular weight is 464 g/mol. The zero-order valence-electron chi connectivity index (χ0n) is 14.1. The number of guanidine groups is 1. The van der Waals surface area contributed by atoms with Gasteiger partial charge in [0, 0.05) is 39.1 Å². The molecule has 1 saturated heterocycles. The Kier molecular flexibility index (Phi) is 12.2. The first-order valence-electron chi connectivity index (χ1n) is 8.29. The van der Waals surface area contributed by atoms with Crippen LogP contribution in [0.4, 0.5) is 13.2 Å². The van der Waals surface area contributed by atoms with Gasteiger partial charge in [0.2, 0.25) is 5.91 Å². The quantitative estimate of drug-likeness (QED) is 0.264. The number of rotatable bonds is 7. The molecule has 0 radical (unpaired) electrons. The molecule has 9 heteroatoms. The fourth-order valence-corrected chi connectivity index (χ4v) is 2.39. The Balaban J connectivity index is 0.00000529. The van der Waals surface area contributed by atoms with Crippen molar-refractivity contribution in [3.63, 3.8) is 0 Å². The standard InChI is InChI=1S/C15H27F3N4O.HI/c1-2-19-14(21-10-8-15(16,17)18)20-9-6-12-22-11-5-3-4-7-13(22)23;/h2-12H2,1H3,(H2,19,20,21);1H. The van der Waals surface area contributed by atoms with E-state index in [1.807, 2.05) is 11.8 Å². The molecule has 1 aliphatic rings. The Labute approximate surface area is 158 Å². The highest BCUT2D eigenvalue weighted by atomic mass is 127. The maximum Gasteiger partial charge on any atom is 0.390 e. The van der Waals surface area contributed by atoms with Crippen LogP contribution in [0.1, 0.15) is 45.4 Å². The molecule has 2 N–H and O–H groups in total. The lowest BCUT2D eigenvalue weighted by Crippen LogP contribution is -2.39. The molecule has 0 atom stereocenters. The summed E-state index contributed by atoms with van der Waals surface area (Å²) in [6, 6.07) is 0. The molecule has 0 aromatic heterocycles. The number of likely N-dealkylation sites (tertiary alicyclic amines) is 1. The molecule has 5 nitrogen and oxygen atoms in total. The van der Waals surface area contributed by atoms with Crippen LogP contribution >= 0.6 is 24.0 Å². The number of hydrogen-bond donors (Lipinski definition) is 2. The highest BCUT2D eigenvalue weighted by molar-refractivity contribution is 14.0. The van der Waals surface area contributed by atoms with Crippen LogP contribution < -0.4 is 10.6 Å². The lowest BCUT2D eigenvalue weighted by Gasteiger charge is -2.20. The normalized spacial score (nSPS) is 16.4. The molecule has 1 aliphatic heterocycles. The van der Waals surface area contributed by atoms with Crippen molar-refractivity contribution in [3.05, 3.63) is 0 Å². The molecule has 1 fully saturated rings. The predicted molar refractivity (Wildman–Crippen MR) is 99.7 cm³/mol. The molecule has 0 saturated carbocycles. The lowest BCUT2D eigenvalue weighted by molar-refractivity contribution is -0.133. The van der Waals surface area contributed by atoms with Crippen molar-refractivity contribution in [1.82, 2.24) is 15.5 Å². The third-order valence-corrected chi connectivity index (χ3v) is 3.57. The zero-order chi connectivity index (χ0) is 17.1. The lowest BCUT2D eigenvalue weighted by atomic mass is 10.2. The number of nitrogens with one attached hydrogen (secondary N) is 2. The monoisotopic (exact) mass is 464 g/mol. The molecule has 0 bridgehead atoms. The molecule has 1 amide bonds. The second kappa shape index (κ2) is 12.6. The van der Waals surface area contributed by atoms with E-state index in [2.05, 4.69) is 15.6 Å². The first kappa shape index (κ1) is 23.3. The number of hydrogen-bond acceptors (Lipinski definition) is 2. The van der Waals surface area contributed by atoms with Crippen molar-refractivity contribution in [3.8, 4) is 0 Å². The van der Waals surface area contributed by atoms with Gasteiger partial charge in [0.25, 0.3) is 0 Å². The maximum absolute atomic E-state index is 12.1. The number of carbonyl (C=O) groups is 1. The van der Waals surface area contributed by atoms with Gasteiger partial charge >= 0.3 is 6.18 Å². The molecule has 1 heterocycles. The van der Waals surface area contributed by atoms with Gasteiger partial charge in [-0.2, -0.15) is 13.2 Å². The second-order valence-corrected chi connectivity index (χ2v) is 5.60. The summed E-state index contributed by atoms with van der Waals surface area (Å²) in [5.41, 5.74) is 0. The summed E-state index contributed by atoms with van der Waals surface area (Å²) in [4.78, 5) is 18.0. The summed E-state index contributed by atoms with van der Waals surface area (Å²) < 4.78 is 36.4. The van der Waals surface area contributed by atoms with E-state index in [4.69, 9.17) is 0 Å². The van der Waals surface area contributed by atoms with E-state index in [9.17, 15) is 18.0 Å². The third kappa shape index (κ3) is 10.9. The molecule has 1 rings (SSSR count). The zero-order valence-corrected chi connectivity index (χ0v) is 16.5. The molecule has 0 aliphatic carbocycles. The van der Waals surface area contributed by atoms with Crippen LogP contribution in [-0.4, -0.2) is 55.7 Å². The van der Waals surface area contributed by atoms with E-state index in [1.54, 1.807) is 0 Å². The molecule has 142 valence electrons. The van der Waals surface area contributed by atoms with Gasteiger partial charge in [0.05, 0.1) is 6.42 Å². The Morgan fingerprint density at radius 3 is 2.67 bits per heavy atom. The summed E-state index contributed by atoms with van der Waals surface area (Å²) >= 11 is 0. The van der Waals surface area contributed by atoms with Gasteiger partial charge in [0.15, 0.2) is 5.96 Å². The number of aliphatic imine (C=N–C) groups is 1. The van der Waals surface area contributed by atoms with Gasteiger partial charge in [-0.1, -0.05) is 6.42 Å². The predicted octanol–water partition coefficient (Wildman–Crippen LogP) is 2.90. The maximum atomic E-state index is 12.1. The number of nitrogens with zero attached hydrogens (tertiary/aromatic N) is 2. The Morgan fingerprint density at radius 1 is 1.25 bits per heavy atom. The molecule has 0 spiro atoms. The first-order chi connectivity index (χ1) is 10.9. The molecule has 24 heavy (non-hydrogen) atoms. The minimum Gasteiger partial charge on any atom is -0.357 e. The Morgan fingerprint density at radius 2 is 2.00 bits per heavy atom. The minimum atomic E-state index is -4.17. The topological polar surface area (TPSA) is 56.7 Å². The van der Waals surface area contributed by atoms with E-state index >= 15 is 0 Å². The Hall–Kier alpha value is -0.740. The van der Waals surface area contributed by atoms with Crippen molar-refractivity contribution in [1.29, 1.82) is 0 Å². The number of amides is 1. The molecule has 0 unspecified atom stereocenters. The van der Waals surface area contributed by atoms with Crippen molar-refractivity contribution in [2.24, 2.45) is 4.99 Å². The average Bonchev–Trinajstić information content (AvgIpc) is 2.67. The van der Waals surface area contributed by atoms with Gasteiger partial charge in [-0.25, -0.2) is 0 Å². The fourth-order valence-electron chi connectivity index (χ4n) is 2.39. The van der Waals surface area contributed by atoms with Crippen LogP contribution in [0.3, 0.4) is 0 Å². The van der Waals surface area contributed by atoms with Crippen LogP contribution in [0, 0.1) is 0 Å². The van der Waals surface area contributed by atoms with Crippen molar-refractivity contribution >= 4 is 35.8 Å². The second-order valence-electron chi connectivity index (χ2n) is 5.60. The number of halogens is 4. The highest BCUT2D eigenvalue weighted by Gasteiger charge is 2.26. The summed E-state index contributed by atoms with van der Waals surface area (Å²) in [7, 11) is 0. The largest absolute Gasteiger partial charge is 0.390 e. The van der Waals surface area contributed by atoms with Crippen molar-refractivity contribution in [2.75, 3.05) is 32.7 Å². The first-order valence-corrected chi connectivity index (χ1v) is 8.29. The van der Waals surface area contributed by atoms with Crippen LogP contribution in [0.25, 0.3) is 0 Å². The van der Waals surface area contributed by atoms with Crippen LogP contribution in [0.5, 0.6) is 0 Å². The summed E-state index contributed by atoms with van der Waals surface area (Å²) in [5, 5.41) is 5.59. The van der Waals surface area contributed by atoms with Crippen LogP contribution in [0.2, 0.25) is 0 Å². The molecular weight excluding hydrogens is 436 g/mol. The fraction of sp³-hybridized carbons (Fsp3) is 0.867. The number of alkyl halides is 3. The van der Waals surface area contributed by atoms with E-state index in [0.29, 0.717) is 38.4 Å². The number of carbonyl (C=O) groups excluding carboxylic acids is 1. The Bertz CT molecular complexity index is 391. The van der Waals surface area contributed by atoms with Gasteiger partial charge in [-0.15, -0.1) is 24.0 Å². The van der Waals surface area contributed by atoms with E-state index < -0.39 is 12.6 Å². The van der Waals surface area contributed by atoms with Gasteiger partial charge in [0.1, 0.15) is 0 Å². The van der Waals surface area contributed by atoms with Gasteiger partial charge in [-0.05, 0) is 26.2 Å². The minimum absolute atomic E-state index is 0. The van der Waals surface area contributed by atoms with E-state index in [-0.39, 0.29) is 36.4 Å². The smallest absolute Gasteiger partial charge is 0.357 e. The van der Waals surface area contributed by atoms with Crippen molar-refractivity contribution in [2.45, 2.75) is 51.6 Å². The molecule has 0 aromatic carbocycles. The van der Waals surface area contributed by atoms with E-state index in [0.717, 1.165) is 25.8 Å². The molecule has 0 aromatic rings. The summed E-state index contributed by atoms with van der Waals surface area (Å²) in [6.07, 6.45) is -0.643.